The number of amides is 2. The molecule has 0 saturated heterocycles. The average molecular weight is 372 g/mol. The van der Waals surface area contributed by atoms with Gasteiger partial charge in [0.25, 0.3) is 11.8 Å². The third kappa shape index (κ3) is 3.77. The summed E-state index contributed by atoms with van der Waals surface area (Å²) in [6.45, 7) is 1.65. The lowest BCUT2D eigenvalue weighted by atomic mass is 9.84. The highest BCUT2D eigenvalue weighted by Gasteiger charge is 2.42. The number of carbonyl (C=O) groups excluding carboxylic acids is 3. The van der Waals surface area contributed by atoms with Crippen LogP contribution in [0.15, 0.2) is 18.2 Å². The normalized spacial score (nSPS) is 26.6. The summed E-state index contributed by atoms with van der Waals surface area (Å²) in [5, 5.41) is 5.64. The summed E-state index contributed by atoms with van der Waals surface area (Å²) in [4.78, 5) is 35.6. The lowest BCUT2D eigenvalue weighted by Gasteiger charge is -2.28. The number of hydrogen-bond donors (Lipinski definition) is 2. The molecule has 0 spiro atoms. The zero-order valence-corrected chi connectivity index (χ0v) is 15.3. The van der Waals surface area contributed by atoms with Gasteiger partial charge in [0.1, 0.15) is 5.75 Å². The van der Waals surface area contributed by atoms with Crippen molar-refractivity contribution in [3.63, 3.8) is 0 Å². The maximum atomic E-state index is 12.2. The fourth-order valence-corrected chi connectivity index (χ4v) is 4.72. The van der Waals surface area contributed by atoms with Crippen LogP contribution in [0.25, 0.3) is 0 Å². The van der Waals surface area contributed by atoms with E-state index in [-0.39, 0.29) is 36.6 Å². The fourth-order valence-electron chi connectivity index (χ4n) is 4.72. The van der Waals surface area contributed by atoms with Crippen LogP contribution in [0, 0.1) is 17.8 Å². The molecule has 4 rings (SSSR count). The van der Waals surface area contributed by atoms with Gasteiger partial charge in [-0.3, -0.25) is 9.59 Å². The van der Waals surface area contributed by atoms with Crippen LogP contribution in [-0.2, 0) is 14.3 Å². The molecular formula is C20H24N2O5. The lowest BCUT2D eigenvalue weighted by Crippen LogP contribution is -2.42. The number of carbonyl (C=O) groups is 3. The number of ether oxygens (including phenoxy) is 2. The van der Waals surface area contributed by atoms with Crippen LogP contribution in [0.3, 0.4) is 0 Å². The quantitative estimate of drug-likeness (QED) is 0.772. The number of fused-ring (bicyclic) bond motifs is 3. The van der Waals surface area contributed by atoms with Gasteiger partial charge in [-0.25, -0.2) is 4.79 Å². The summed E-state index contributed by atoms with van der Waals surface area (Å²) in [6.07, 6.45) is 5.08. The Morgan fingerprint density at radius 1 is 1.33 bits per heavy atom. The molecule has 7 nitrogen and oxygen atoms in total. The Bertz CT molecular complexity index is 778. The largest absolute Gasteiger partial charge is 0.482 e. The van der Waals surface area contributed by atoms with Gasteiger partial charge in [-0.2, -0.15) is 0 Å². The first-order valence-electron chi connectivity index (χ1n) is 9.53. The predicted octanol–water partition coefficient (Wildman–Crippen LogP) is 2.12. The molecule has 27 heavy (non-hydrogen) atoms. The highest BCUT2D eigenvalue weighted by atomic mass is 16.5. The van der Waals surface area contributed by atoms with Gasteiger partial charge < -0.3 is 20.1 Å². The molecule has 2 bridgehead atoms. The molecule has 0 unspecified atom stereocenters. The van der Waals surface area contributed by atoms with Crippen molar-refractivity contribution >= 4 is 23.5 Å². The van der Waals surface area contributed by atoms with E-state index in [0.717, 1.165) is 11.8 Å². The lowest BCUT2D eigenvalue weighted by molar-refractivity contribution is -0.125. The molecule has 2 aliphatic carbocycles. The molecule has 7 heteroatoms. The van der Waals surface area contributed by atoms with Crippen molar-refractivity contribution in [2.75, 3.05) is 18.5 Å². The van der Waals surface area contributed by atoms with Gasteiger partial charge >= 0.3 is 5.97 Å². The van der Waals surface area contributed by atoms with Crippen LogP contribution >= 0.6 is 0 Å². The second-order valence-electron chi connectivity index (χ2n) is 7.82. The maximum absolute atomic E-state index is 12.2. The van der Waals surface area contributed by atoms with Crippen LogP contribution in [0.2, 0.25) is 0 Å². The molecule has 0 aromatic heterocycles. The molecular weight excluding hydrogens is 348 g/mol. The summed E-state index contributed by atoms with van der Waals surface area (Å²) in [7, 11) is 0. The number of benzene rings is 1. The van der Waals surface area contributed by atoms with Crippen molar-refractivity contribution in [2.45, 2.75) is 38.6 Å². The second kappa shape index (κ2) is 7.21. The van der Waals surface area contributed by atoms with E-state index in [4.69, 9.17) is 9.47 Å². The van der Waals surface area contributed by atoms with E-state index in [0.29, 0.717) is 17.4 Å². The van der Waals surface area contributed by atoms with Crippen molar-refractivity contribution in [3.8, 4) is 5.75 Å². The topological polar surface area (TPSA) is 93.7 Å². The minimum atomic E-state index is -0.596. The molecule has 2 fully saturated rings. The first kappa shape index (κ1) is 17.8. The number of esters is 1. The minimum absolute atomic E-state index is 0.0885. The highest BCUT2D eigenvalue weighted by Crippen LogP contribution is 2.49. The van der Waals surface area contributed by atoms with E-state index in [1.54, 1.807) is 6.07 Å². The van der Waals surface area contributed by atoms with E-state index >= 15 is 0 Å². The molecule has 4 atom stereocenters. The monoisotopic (exact) mass is 372 g/mol. The van der Waals surface area contributed by atoms with Crippen LogP contribution < -0.4 is 15.4 Å². The summed E-state index contributed by atoms with van der Waals surface area (Å²) in [5.74, 6) is 1.40. The van der Waals surface area contributed by atoms with Crippen LogP contribution in [-0.4, -0.2) is 37.0 Å². The third-order valence-corrected chi connectivity index (χ3v) is 6.01. The van der Waals surface area contributed by atoms with Crippen LogP contribution in [0.1, 0.15) is 43.0 Å². The molecule has 2 saturated carbocycles. The minimum Gasteiger partial charge on any atom is -0.482 e. The summed E-state index contributed by atoms with van der Waals surface area (Å²) in [5.41, 5.74) is 0.791. The van der Waals surface area contributed by atoms with Crippen molar-refractivity contribution in [2.24, 2.45) is 17.8 Å². The molecule has 2 N–H and O–H groups in total. The summed E-state index contributed by atoms with van der Waals surface area (Å²) >= 11 is 0. The molecule has 0 radical (unpaired) electrons. The van der Waals surface area contributed by atoms with Gasteiger partial charge in [-0.15, -0.1) is 0 Å². The first-order valence-corrected chi connectivity index (χ1v) is 9.53. The van der Waals surface area contributed by atoms with Crippen molar-refractivity contribution in [1.82, 2.24) is 5.32 Å². The third-order valence-electron chi connectivity index (χ3n) is 6.01. The van der Waals surface area contributed by atoms with Crippen LogP contribution in [0.4, 0.5) is 5.69 Å². The van der Waals surface area contributed by atoms with E-state index in [2.05, 4.69) is 10.6 Å². The van der Waals surface area contributed by atoms with Gasteiger partial charge in [0, 0.05) is 6.04 Å². The predicted molar refractivity (Wildman–Crippen MR) is 97.4 cm³/mol. The number of rotatable bonds is 5. The SMILES string of the molecule is C[C@@H](NC(=O)COC(=O)c1ccc2c(c1)OCC(=O)N2)[C@@H]1C[C@H]2CC[C@H]1C2. The van der Waals surface area contributed by atoms with Crippen molar-refractivity contribution < 1.29 is 23.9 Å². The molecule has 2 amide bonds. The van der Waals surface area contributed by atoms with E-state index in [1.165, 1.54) is 37.8 Å². The Morgan fingerprint density at radius 3 is 2.93 bits per heavy atom. The van der Waals surface area contributed by atoms with Gasteiger partial charge in [0.15, 0.2) is 13.2 Å². The average Bonchev–Trinajstić information content (AvgIpc) is 3.29. The molecule has 1 aromatic carbocycles. The smallest absolute Gasteiger partial charge is 0.338 e. The molecule has 144 valence electrons. The van der Waals surface area contributed by atoms with Crippen molar-refractivity contribution in [3.05, 3.63) is 23.8 Å². The summed E-state index contributed by atoms with van der Waals surface area (Å²) in [6, 6.07) is 4.73. The standard InChI is InChI=1S/C20H24N2O5/c1-11(15-7-12-2-3-13(15)6-12)21-18(23)10-27-20(25)14-4-5-16-17(8-14)26-9-19(24)22-16/h4-5,8,11-13,15H,2-3,6-7,9-10H2,1H3,(H,21,23)(H,22,24)/t11-,12+,13+,15+/m1/s1. The molecule has 3 aliphatic rings. The Morgan fingerprint density at radius 2 is 2.19 bits per heavy atom. The number of nitrogens with one attached hydrogen (secondary N) is 2. The Labute approximate surface area is 157 Å². The molecule has 1 aliphatic heterocycles. The van der Waals surface area contributed by atoms with Gasteiger partial charge in [-0.1, -0.05) is 6.42 Å². The second-order valence-corrected chi connectivity index (χ2v) is 7.82. The van der Waals surface area contributed by atoms with E-state index < -0.39 is 5.97 Å². The maximum Gasteiger partial charge on any atom is 0.338 e. The Kier molecular flexibility index (Phi) is 4.76. The fraction of sp³-hybridized carbons (Fsp3) is 0.550. The van der Waals surface area contributed by atoms with Crippen LogP contribution in [0.5, 0.6) is 5.75 Å². The van der Waals surface area contributed by atoms with Crippen molar-refractivity contribution in [1.29, 1.82) is 0 Å². The zero-order valence-electron chi connectivity index (χ0n) is 15.3. The first-order chi connectivity index (χ1) is 13.0. The van der Waals surface area contributed by atoms with Gasteiger partial charge in [0.05, 0.1) is 11.3 Å². The van der Waals surface area contributed by atoms with E-state index in [1.807, 2.05) is 6.92 Å². The Balaban J connectivity index is 1.27. The van der Waals surface area contributed by atoms with E-state index in [9.17, 15) is 14.4 Å². The highest BCUT2D eigenvalue weighted by molar-refractivity contribution is 5.97. The Hall–Kier alpha value is -2.57. The van der Waals surface area contributed by atoms with Gasteiger partial charge in [-0.05, 0) is 62.1 Å². The number of hydrogen-bond acceptors (Lipinski definition) is 5. The molecule has 1 heterocycles. The number of anilines is 1. The molecule has 1 aromatic rings. The zero-order chi connectivity index (χ0) is 19.0. The summed E-state index contributed by atoms with van der Waals surface area (Å²) < 4.78 is 10.4. The van der Waals surface area contributed by atoms with Gasteiger partial charge in [0.2, 0.25) is 0 Å².